The van der Waals surface area contributed by atoms with Gasteiger partial charge in [0.2, 0.25) is 0 Å². The molecule has 88 valence electrons. The van der Waals surface area contributed by atoms with Gasteiger partial charge in [0.05, 0.1) is 7.11 Å². The Hall–Kier alpha value is -1.61. The number of phenols is 1. The summed E-state index contributed by atoms with van der Waals surface area (Å²) in [6.07, 6.45) is 1.89. The van der Waals surface area contributed by atoms with Crippen molar-refractivity contribution in [3.8, 4) is 5.75 Å². The highest BCUT2D eigenvalue weighted by atomic mass is 32.2. The molecule has 1 N–H and O–H groups in total. The van der Waals surface area contributed by atoms with E-state index in [4.69, 9.17) is 4.74 Å². The molecule has 0 saturated carbocycles. The molecule has 1 aromatic carbocycles. The van der Waals surface area contributed by atoms with Crippen LogP contribution in [0.15, 0.2) is 48.1 Å². The fraction of sp³-hybridized carbons (Fsp3) is 0.143. The summed E-state index contributed by atoms with van der Waals surface area (Å²) in [6, 6.07) is 5.37. The molecule has 0 aliphatic carbocycles. The molecular weight excluding hydrogens is 232 g/mol. The number of benzene rings is 1. The Bertz CT molecular complexity index is 515. The first kappa shape index (κ1) is 11.9. The van der Waals surface area contributed by atoms with E-state index in [1.165, 1.54) is 0 Å². The van der Waals surface area contributed by atoms with Crippen LogP contribution in [0.3, 0.4) is 0 Å². The van der Waals surface area contributed by atoms with E-state index in [2.05, 4.69) is 13.2 Å². The number of aromatic hydroxyl groups is 1. The molecule has 3 heteroatoms. The summed E-state index contributed by atoms with van der Waals surface area (Å²) >= 11 is 1.68. The molecule has 1 aliphatic heterocycles. The van der Waals surface area contributed by atoms with Gasteiger partial charge in [-0.05, 0) is 34.9 Å². The predicted octanol–water partition coefficient (Wildman–Crippen LogP) is 3.70. The van der Waals surface area contributed by atoms with Crippen molar-refractivity contribution < 1.29 is 9.84 Å². The van der Waals surface area contributed by atoms with Crippen molar-refractivity contribution in [2.24, 2.45) is 0 Å². The normalized spacial score (nSPS) is 16.8. The van der Waals surface area contributed by atoms with Crippen molar-refractivity contribution in [3.05, 3.63) is 59.2 Å². The topological polar surface area (TPSA) is 29.5 Å². The summed E-state index contributed by atoms with van der Waals surface area (Å²) in [5.41, 5.74) is 3.14. The number of rotatable bonds is 2. The summed E-state index contributed by atoms with van der Waals surface area (Å²) in [5, 5.41) is 9.44. The van der Waals surface area contributed by atoms with Crippen LogP contribution in [-0.4, -0.2) is 12.2 Å². The molecule has 1 aromatic rings. The van der Waals surface area contributed by atoms with Gasteiger partial charge < -0.3 is 9.84 Å². The molecule has 2 rings (SSSR count). The lowest BCUT2D eigenvalue weighted by Gasteiger charge is -2.21. The Morgan fingerprint density at radius 3 is 3.00 bits per heavy atom. The van der Waals surface area contributed by atoms with Gasteiger partial charge in [0.25, 0.3) is 0 Å². The average molecular weight is 246 g/mol. The molecule has 0 atom stereocenters. The molecule has 0 saturated heterocycles. The minimum atomic E-state index is 0.297. The van der Waals surface area contributed by atoms with Crippen LogP contribution in [0.2, 0.25) is 0 Å². The van der Waals surface area contributed by atoms with E-state index in [0.717, 1.165) is 27.4 Å². The van der Waals surface area contributed by atoms with Crippen molar-refractivity contribution in [1.82, 2.24) is 0 Å². The third-order valence-electron chi connectivity index (χ3n) is 2.65. The summed E-state index contributed by atoms with van der Waals surface area (Å²) in [6.45, 7) is 7.87. The van der Waals surface area contributed by atoms with E-state index in [1.807, 2.05) is 12.1 Å². The molecule has 1 heterocycles. The molecule has 2 nitrogen and oxygen atoms in total. The maximum atomic E-state index is 9.44. The molecule has 0 bridgehead atoms. The van der Waals surface area contributed by atoms with E-state index in [-0.39, 0.29) is 0 Å². The summed E-state index contributed by atoms with van der Waals surface area (Å²) < 4.78 is 5.04. The molecule has 17 heavy (non-hydrogen) atoms. The number of phenolic OH excluding ortho intramolecular Hbond substituents is 1. The van der Waals surface area contributed by atoms with Crippen LogP contribution in [0.4, 0.5) is 0 Å². The molecular formula is C14H14O2S. The first-order chi connectivity index (χ1) is 8.11. The molecule has 0 unspecified atom stereocenters. The van der Waals surface area contributed by atoms with Gasteiger partial charge in [0, 0.05) is 10.7 Å². The Balaban J connectivity index is 2.37. The van der Waals surface area contributed by atoms with Crippen LogP contribution in [0.5, 0.6) is 5.75 Å². The highest BCUT2D eigenvalue weighted by Gasteiger charge is 2.18. The SMILES string of the molecule is C=C(/C=C1/SCc2cc(O)ccc2C1=C)OC. The standard InChI is InChI=1S/C14H14O2S/c1-9(16-3)6-14-10(2)13-5-4-12(15)7-11(13)8-17-14/h4-7,15H,1-2,8H2,3H3/b14-6+. The lowest BCUT2D eigenvalue weighted by atomic mass is 10.00. The Morgan fingerprint density at radius 1 is 1.53 bits per heavy atom. The monoisotopic (exact) mass is 246 g/mol. The first-order valence-electron chi connectivity index (χ1n) is 5.20. The smallest absolute Gasteiger partial charge is 0.115 e. The van der Waals surface area contributed by atoms with Crippen LogP contribution in [0.25, 0.3) is 5.57 Å². The van der Waals surface area contributed by atoms with E-state index in [1.54, 1.807) is 31.0 Å². The van der Waals surface area contributed by atoms with Gasteiger partial charge in [-0.25, -0.2) is 0 Å². The second-order valence-electron chi connectivity index (χ2n) is 3.79. The quantitative estimate of drug-likeness (QED) is 0.807. The fourth-order valence-electron chi connectivity index (χ4n) is 1.70. The van der Waals surface area contributed by atoms with Gasteiger partial charge in [-0.15, -0.1) is 11.8 Å². The van der Waals surface area contributed by atoms with Crippen LogP contribution >= 0.6 is 11.8 Å². The van der Waals surface area contributed by atoms with Crippen LogP contribution in [0.1, 0.15) is 11.1 Å². The number of hydrogen-bond acceptors (Lipinski definition) is 3. The number of ether oxygens (including phenoxy) is 1. The van der Waals surface area contributed by atoms with Crippen LogP contribution in [0, 0.1) is 0 Å². The predicted molar refractivity (Wildman–Crippen MR) is 72.7 cm³/mol. The number of methoxy groups -OCH3 is 1. The lowest BCUT2D eigenvalue weighted by molar-refractivity contribution is 0.309. The summed E-state index contributed by atoms with van der Waals surface area (Å²) in [4.78, 5) is 1.06. The maximum Gasteiger partial charge on any atom is 0.115 e. The molecule has 0 fully saturated rings. The summed E-state index contributed by atoms with van der Waals surface area (Å²) in [7, 11) is 1.60. The van der Waals surface area contributed by atoms with E-state index >= 15 is 0 Å². The third kappa shape index (κ3) is 2.39. The van der Waals surface area contributed by atoms with Gasteiger partial charge >= 0.3 is 0 Å². The van der Waals surface area contributed by atoms with Gasteiger partial charge in [-0.2, -0.15) is 0 Å². The largest absolute Gasteiger partial charge is 0.508 e. The Kier molecular flexibility index (Phi) is 3.29. The third-order valence-corrected chi connectivity index (χ3v) is 3.78. The molecule has 1 aliphatic rings. The maximum absolute atomic E-state index is 9.44. The fourth-order valence-corrected chi connectivity index (χ4v) is 2.75. The zero-order valence-electron chi connectivity index (χ0n) is 9.69. The van der Waals surface area contributed by atoms with Crippen molar-refractivity contribution in [1.29, 1.82) is 0 Å². The Labute approximate surface area is 105 Å². The minimum Gasteiger partial charge on any atom is -0.508 e. The highest BCUT2D eigenvalue weighted by Crippen LogP contribution is 2.41. The second kappa shape index (κ2) is 4.72. The van der Waals surface area contributed by atoms with Gasteiger partial charge in [0.1, 0.15) is 11.5 Å². The van der Waals surface area contributed by atoms with Crippen molar-refractivity contribution in [3.63, 3.8) is 0 Å². The second-order valence-corrected chi connectivity index (χ2v) is 4.80. The highest BCUT2D eigenvalue weighted by molar-refractivity contribution is 8.03. The minimum absolute atomic E-state index is 0.297. The number of fused-ring (bicyclic) bond motifs is 1. The van der Waals surface area contributed by atoms with E-state index < -0.39 is 0 Å². The van der Waals surface area contributed by atoms with Gasteiger partial charge in [0.15, 0.2) is 0 Å². The molecule has 0 amide bonds. The van der Waals surface area contributed by atoms with Crippen LogP contribution < -0.4 is 0 Å². The molecule has 0 aromatic heterocycles. The van der Waals surface area contributed by atoms with Gasteiger partial charge in [-0.3, -0.25) is 0 Å². The lowest BCUT2D eigenvalue weighted by Crippen LogP contribution is -1.99. The van der Waals surface area contributed by atoms with Crippen molar-refractivity contribution in [2.75, 3.05) is 7.11 Å². The summed E-state index contributed by atoms with van der Waals surface area (Å²) in [5.74, 6) is 1.74. The number of thioether (sulfide) groups is 1. The Morgan fingerprint density at radius 2 is 2.29 bits per heavy atom. The van der Waals surface area contributed by atoms with E-state index in [0.29, 0.717) is 11.5 Å². The van der Waals surface area contributed by atoms with Gasteiger partial charge in [-0.1, -0.05) is 19.2 Å². The van der Waals surface area contributed by atoms with Crippen molar-refractivity contribution in [2.45, 2.75) is 5.75 Å². The zero-order chi connectivity index (χ0) is 12.4. The average Bonchev–Trinajstić information content (AvgIpc) is 2.32. The molecule has 0 radical (unpaired) electrons. The number of allylic oxidation sites excluding steroid dienone is 2. The first-order valence-corrected chi connectivity index (χ1v) is 6.19. The zero-order valence-corrected chi connectivity index (χ0v) is 10.5. The van der Waals surface area contributed by atoms with Crippen molar-refractivity contribution >= 4 is 17.3 Å². The van der Waals surface area contributed by atoms with E-state index in [9.17, 15) is 5.11 Å². The molecule has 0 spiro atoms. The van der Waals surface area contributed by atoms with Crippen LogP contribution in [-0.2, 0) is 10.5 Å². The number of hydrogen-bond donors (Lipinski definition) is 1.